The number of hydrogen-bond donors (Lipinski definition) is 3. The zero-order chi connectivity index (χ0) is 15.2. The van der Waals surface area contributed by atoms with E-state index in [1.54, 1.807) is 24.3 Å². The van der Waals surface area contributed by atoms with Crippen LogP contribution in [0.3, 0.4) is 0 Å². The van der Waals surface area contributed by atoms with Gasteiger partial charge in [0.25, 0.3) is 0 Å². The molecule has 0 aliphatic heterocycles. The van der Waals surface area contributed by atoms with Gasteiger partial charge in [0, 0.05) is 5.69 Å². The number of phenols is 1. The molecule has 2 amide bonds. The van der Waals surface area contributed by atoms with Crippen molar-refractivity contribution in [2.24, 2.45) is 5.10 Å². The molecule has 0 unspecified atom stereocenters. The summed E-state index contributed by atoms with van der Waals surface area (Å²) in [5.41, 5.74) is 4.95. The molecular formula is C15H14IN3O2. The molecule has 0 saturated carbocycles. The highest BCUT2D eigenvalue weighted by Crippen LogP contribution is 2.19. The standard InChI is InChI=1S/C15H14IN3O2/c1-10-3-2-4-12(7-10)18-15(21)19-17-9-11-5-6-14(20)13(16)8-11/h2-9,20H,1H3,(H2,18,19,21)/b17-9+. The van der Waals surface area contributed by atoms with Crippen LogP contribution in [0.25, 0.3) is 0 Å². The Labute approximate surface area is 136 Å². The van der Waals surface area contributed by atoms with Gasteiger partial charge in [0.15, 0.2) is 0 Å². The Morgan fingerprint density at radius 1 is 1.29 bits per heavy atom. The van der Waals surface area contributed by atoms with Gasteiger partial charge in [0.1, 0.15) is 5.75 Å². The molecule has 0 atom stereocenters. The van der Waals surface area contributed by atoms with Crippen LogP contribution in [0.4, 0.5) is 10.5 Å². The summed E-state index contributed by atoms with van der Waals surface area (Å²) in [7, 11) is 0. The van der Waals surface area contributed by atoms with Gasteiger partial charge >= 0.3 is 6.03 Å². The van der Waals surface area contributed by atoms with Gasteiger partial charge in [0.05, 0.1) is 9.78 Å². The number of amides is 2. The lowest BCUT2D eigenvalue weighted by molar-refractivity contribution is 0.252. The van der Waals surface area contributed by atoms with Gasteiger partial charge in [0.2, 0.25) is 0 Å². The fraction of sp³-hybridized carbons (Fsp3) is 0.0667. The molecule has 0 aromatic heterocycles. The fourth-order valence-electron chi connectivity index (χ4n) is 1.65. The molecule has 6 heteroatoms. The Hall–Kier alpha value is -2.09. The zero-order valence-electron chi connectivity index (χ0n) is 11.3. The molecule has 0 heterocycles. The number of phenolic OH excluding ortho intramolecular Hbond substituents is 1. The molecule has 0 aliphatic carbocycles. The first kappa shape index (κ1) is 15.3. The fourth-order valence-corrected chi connectivity index (χ4v) is 2.19. The average Bonchev–Trinajstić information content (AvgIpc) is 2.43. The summed E-state index contributed by atoms with van der Waals surface area (Å²) in [5, 5.41) is 16.0. The van der Waals surface area contributed by atoms with Crippen molar-refractivity contribution in [2.75, 3.05) is 5.32 Å². The van der Waals surface area contributed by atoms with Crippen LogP contribution in [0.1, 0.15) is 11.1 Å². The first-order valence-corrected chi connectivity index (χ1v) is 7.28. The molecule has 0 spiro atoms. The molecule has 2 rings (SSSR count). The summed E-state index contributed by atoms with van der Waals surface area (Å²) in [6.07, 6.45) is 1.51. The summed E-state index contributed by atoms with van der Waals surface area (Å²) in [6, 6.07) is 12.1. The average molecular weight is 395 g/mol. The van der Waals surface area contributed by atoms with E-state index in [2.05, 4.69) is 15.8 Å². The van der Waals surface area contributed by atoms with Crippen molar-refractivity contribution in [2.45, 2.75) is 6.92 Å². The Balaban J connectivity index is 1.91. The van der Waals surface area contributed by atoms with E-state index in [-0.39, 0.29) is 5.75 Å². The number of aryl methyl sites for hydroxylation is 1. The van der Waals surface area contributed by atoms with E-state index in [4.69, 9.17) is 0 Å². The van der Waals surface area contributed by atoms with E-state index in [1.807, 2.05) is 47.7 Å². The highest BCUT2D eigenvalue weighted by Gasteiger charge is 2.00. The molecule has 0 radical (unpaired) electrons. The molecule has 0 bridgehead atoms. The molecule has 0 aliphatic rings. The predicted octanol–water partition coefficient (Wildman–Crippen LogP) is 3.46. The van der Waals surface area contributed by atoms with Crippen molar-refractivity contribution in [1.82, 2.24) is 5.43 Å². The van der Waals surface area contributed by atoms with Gasteiger partial charge in [-0.3, -0.25) is 0 Å². The van der Waals surface area contributed by atoms with E-state index in [1.165, 1.54) is 6.21 Å². The van der Waals surface area contributed by atoms with E-state index in [0.717, 1.165) is 14.7 Å². The quantitative estimate of drug-likeness (QED) is 0.423. The number of nitrogens with zero attached hydrogens (tertiary/aromatic N) is 1. The molecule has 21 heavy (non-hydrogen) atoms. The number of hydrazone groups is 1. The maximum Gasteiger partial charge on any atom is 0.339 e. The first-order chi connectivity index (χ1) is 10.0. The summed E-state index contributed by atoms with van der Waals surface area (Å²) in [6.45, 7) is 1.95. The highest BCUT2D eigenvalue weighted by molar-refractivity contribution is 14.1. The Morgan fingerprint density at radius 2 is 2.10 bits per heavy atom. The third-order valence-corrected chi connectivity index (χ3v) is 3.49. The van der Waals surface area contributed by atoms with Crippen molar-refractivity contribution in [3.05, 3.63) is 57.2 Å². The number of rotatable bonds is 3. The topological polar surface area (TPSA) is 73.7 Å². The normalized spacial score (nSPS) is 10.6. The van der Waals surface area contributed by atoms with E-state index in [9.17, 15) is 9.90 Å². The third kappa shape index (κ3) is 4.75. The minimum atomic E-state index is -0.412. The molecular weight excluding hydrogens is 381 g/mol. The second kappa shape index (κ2) is 7.07. The van der Waals surface area contributed by atoms with Crippen LogP contribution in [-0.4, -0.2) is 17.4 Å². The van der Waals surface area contributed by atoms with E-state index in [0.29, 0.717) is 5.69 Å². The van der Waals surface area contributed by atoms with Crippen molar-refractivity contribution >= 4 is 40.5 Å². The molecule has 2 aromatic rings. The second-order valence-electron chi connectivity index (χ2n) is 4.40. The monoisotopic (exact) mass is 395 g/mol. The number of hydrogen-bond acceptors (Lipinski definition) is 3. The Bertz CT molecular complexity index is 686. The van der Waals surface area contributed by atoms with Crippen LogP contribution in [-0.2, 0) is 0 Å². The smallest absolute Gasteiger partial charge is 0.339 e. The SMILES string of the molecule is Cc1cccc(NC(=O)N/N=C/c2ccc(O)c(I)c2)c1. The van der Waals surface area contributed by atoms with Crippen LogP contribution in [0, 0.1) is 10.5 Å². The number of urea groups is 1. The van der Waals surface area contributed by atoms with Gasteiger partial charge in [-0.15, -0.1) is 0 Å². The Morgan fingerprint density at radius 3 is 2.81 bits per heavy atom. The van der Waals surface area contributed by atoms with Crippen LogP contribution in [0.2, 0.25) is 0 Å². The summed E-state index contributed by atoms with van der Waals surface area (Å²) >= 11 is 2.02. The molecule has 5 nitrogen and oxygen atoms in total. The predicted molar refractivity (Wildman–Crippen MR) is 91.8 cm³/mol. The zero-order valence-corrected chi connectivity index (χ0v) is 13.5. The lowest BCUT2D eigenvalue weighted by Gasteiger charge is -2.04. The number of anilines is 1. The summed E-state index contributed by atoms with van der Waals surface area (Å²) in [5.74, 6) is 0.220. The molecule has 0 fully saturated rings. The van der Waals surface area contributed by atoms with Crippen LogP contribution < -0.4 is 10.7 Å². The second-order valence-corrected chi connectivity index (χ2v) is 5.57. The number of nitrogens with one attached hydrogen (secondary N) is 2. The maximum atomic E-state index is 11.7. The Kier molecular flexibility index (Phi) is 5.15. The number of carbonyl (C=O) groups excluding carboxylic acids is 1. The van der Waals surface area contributed by atoms with Crippen LogP contribution >= 0.6 is 22.6 Å². The first-order valence-electron chi connectivity index (χ1n) is 6.20. The van der Waals surface area contributed by atoms with Crippen molar-refractivity contribution in [1.29, 1.82) is 0 Å². The lowest BCUT2D eigenvalue weighted by atomic mass is 10.2. The minimum absolute atomic E-state index is 0.220. The molecule has 3 N–H and O–H groups in total. The number of benzene rings is 2. The van der Waals surface area contributed by atoms with Crippen LogP contribution in [0.5, 0.6) is 5.75 Å². The highest BCUT2D eigenvalue weighted by atomic mass is 127. The van der Waals surface area contributed by atoms with Gasteiger partial charge < -0.3 is 10.4 Å². The molecule has 2 aromatic carbocycles. The molecule has 0 saturated heterocycles. The van der Waals surface area contributed by atoms with Gasteiger partial charge in [-0.1, -0.05) is 12.1 Å². The number of halogens is 1. The van der Waals surface area contributed by atoms with Crippen molar-refractivity contribution < 1.29 is 9.90 Å². The van der Waals surface area contributed by atoms with Gasteiger partial charge in [-0.05, 0) is 71.0 Å². The van der Waals surface area contributed by atoms with Gasteiger partial charge in [-0.2, -0.15) is 5.10 Å². The van der Waals surface area contributed by atoms with Crippen LogP contribution in [0.15, 0.2) is 47.6 Å². The van der Waals surface area contributed by atoms with Gasteiger partial charge in [-0.25, -0.2) is 10.2 Å². The lowest BCUT2D eigenvalue weighted by Crippen LogP contribution is -2.24. The number of aromatic hydroxyl groups is 1. The maximum absolute atomic E-state index is 11.7. The summed E-state index contributed by atoms with van der Waals surface area (Å²) in [4.78, 5) is 11.7. The third-order valence-electron chi connectivity index (χ3n) is 2.63. The summed E-state index contributed by atoms with van der Waals surface area (Å²) < 4.78 is 0.723. The van der Waals surface area contributed by atoms with Crippen molar-refractivity contribution in [3.63, 3.8) is 0 Å². The molecule has 108 valence electrons. The largest absolute Gasteiger partial charge is 0.507 e. The van der Waals surface area contributed by atoms with E-state index >= 15 is 0 Å². The number of carbonyl (C=O) groups is 1. The van der Waals surface area contributed by atoms with E-state index < -0.39 is 6.03 Å². The van der Waals surface area contributed by atoms with Crippen molar-refractivity contribution in [3.8, 4) is 5.75 Å². The minimum Gasteiger partial charge on any atom is -0.507 e.